The Kier molecular flexibility index (Phi) is 5.31. The summed E-state index contributed by atoms with van der Waals surface area (Å²) >= 11 is 1.49. The van der Waals surface area contributed by atoms with E-state index in [-0.39, 0.29) is 5.56 Å². The number of hydrogen-bond acceptors (Lipinski definition) is 5. The minimum Gasteiger partial charge on any atom is -0.321 e. The van der Waals surface area contributed by atoms with E-state index in [1.807, 2.05) is 36.4 Å². The van der Waals surface area contributed by atoms with Crippen molar-refractivity contribution in [3.8, 4) is 10.6 Å². The van der Waals surface area contributed by atoms with Gasteiger partial charge in [-0.25, -0.2) is 13.4 Å². The molecule has 0 aliphatic rings. The number of para-hydroxylation sites is 2. The highest BCUT2D eigenvalue weighted by Crippen LogP contribution is 2.34. The minimum absolute atomic E-state index is 0.141. The molecule has 0 atom stereocenters. The molecule has 30 heavy (non-hydrogen) atoms. The lowest BCUT2D eigenvalue weighted by Crippen LogP contribution is -2.14. The number of nitrogens with zero attached hydrogens (tertiary/aromatic N) is 1. The Hall–Kier alpha value is -3.17. The molecule has 0 unspecified atom stereocenters. The van der Waals surface area contributed by atoms with Crippen LogP contribution in [-0.4, -0.2) is 25.1 Å². The molecule has 0 saturated carbocycles. The molecule has 0 bridgehead atoms. The Morgan fingerprint density at radius 3 is 2.30 bits per heavy atom. The highest BCUT2D eigenvalue weighted by molar-refractivity contribution is 7.91. The van der Waals surface area contributed by atoms with Crippen molar-refractivity contribution in [2.24, 2.45) is 0 Å². The number of rotatable bonds is 5. The van der Waals surface area contributed by atoms with Crippen LogP contribution in [0.3, 0.4) is 0 Å². The lowest BCUT2D eigenvalue weighted by atomic mass is 10.1. The van der Waals surface area contributed by atoms with Crippen LogP contribution in [0.25, 0.3) is 20.8 Å². The van der Waals surface area contributed by atoms with Crippen molar-refractivity contribution < 1.29 is 22.0 Å². The van der Waals surface area contributed by atoms with Crippen LogP contribution in [0.2, 0.25) is 0 Å². The molecule has 5 nitrogen and oxygen atoms in total. The van der Waals surface area contributed by atoms with Gasteiger partial charge in [0, 0.05) is 11.1 Å². The van der Waals surface area contributed by atoms with Gasteiger partial charge < -0.3 is 5.32 Å². The standard InChI is InChI=1S/C21H14F2N2O3S2/c22-21(23)30(27,28)14-11-9-13(10-12-14)19(26)24-16-6-2-1-5-15(16)20-25-17-7-3-4-8-18(17)29-20/h1-12,21H,(H,24,26). The predicted molar refractivity (Wildman–Crippen MR) is 113 cm³/mol. The highest BCUT2D eigenvalue weighted by Gasteiger charge is 2.26. The van der Waals surface area contributed by atoms with Gasteiger partial charge in [-0.2, -0.15) is 8.78 Å². The summed E-state index contributed by atoms with van der Waals surface area (Å²) < 4.78 is 49.4. The van der Waals surface area contributed by atoms with Crippen LogP contribution < -0.4 is 5.32 Å². The normalized spacial score (nSPS) is 11.7. The van der Waals surface area contributed by atoms with Crippen molar-refractivity contribution in [3.63, 3.8) is 0 Å². The number of benzene rings is 3. The SMILES string of the molecule is O=C(Nc1ccccc1-c1nc2ccccc2s1)c1ccc(S(=O)(=O)C(F)F)cc1. The molecule has 9 heteroatoms. The number of anilines is 1. The summed E-state index contributed by atoms with van der Waals surface area (Å²) in [4.78, 5) is 16.7. The second kappa shape index (κ2) is 7.92. The summed E-state index contributed by atoms with van der Waals surface area (Å²) in [7, 11) is -4.71. The average Bonchev–Trinajstić information content (AvgIpc) is 3.18. The van der Waals surface area contributed by atoms with Crippen LogP contribution in [0.15, 0.2) is 77.7 Å². The summed E-state index contributed by atoms with van der Waals surface area (Å²) in [5.41, 5.74) is 2.27. The number of aromatic nitrogens is 1. The van der Waals surface area contributed by atoms with E-state index in [2.05, 4.69) is 10.3 Å². The van der Waals surface area contributed by atoms with Crippen molar-refractivity contribution in [2.75, 3.05) is 5.32 Å². The second-order valence-electron chi connectivity index (χ2n) is 6.32. The quantitative estimate of drug-likeness (QED) is 0.458. The zero-order valence-corrected chi connectivity index (χ0v) is 16.9. The first-order chi connectivity index (χ1) is 14.4. The van der Waals surface area contributed by atoms with E-state index in [0.29, 0.717) is 5.69 Å². The van der Waals surface area contributed by atoms with E-state index in [0.717, 1.165) is 32.9 Å². The number of carbonyl (C=O) groups is 1. The fourth-order valence-corrected chi connectivity index (χ4v) is 4.59. The van der Waals surface area contributed by atoms with Crippen molar-refractivity contribution in [1.29, 1.82) is 0 Å². The van der Waals surface area contributed by atoms with E-state index in [1.165, 1.54) is 23.5 Å². The van der Waals surface area contributed by atoms with Gasteiger partial charge in [0.2, 0.25) is 9.84 Å². The van der Waals surface area contributed by atoms with Gasteiger partial charge >= 0.3 is 5.76 Å². The second-order valence-corrected chi connectivity index (χ2v) is 9.26. The molecule has 1 aromatic heterocycles. The highest BCUT2D eigenvalue weighted by atomic mass is 32.2. The third kappa shape index (κ3) is 3.81. The molecule has 1 N–H and O–H groups in total. The van der Waals surface area contributed by atoms with Crippen molar-refractivity contribution in [1.82, 2.24) is 4.98 Å². The Bertz CT molecular complexity index is 1300. The number of halogens is 2. The minimum atomic E-state index is -4.71. The Morgan fingerprint density at radius 1 is 0.933 bits per heavy atom. The van der Waals surface area contributed by atoms with E-state index in [1.54, 1.807) is 12.1 Å². The summed E-state index contributed by atoms with van der Waals surface area (Å²) in [6.45, 7) is 0. The average molecular weight is 444 g/mol. The number of sulfone groups is 1. The van der Waals surface area contributed by atoms with Gasteiger partial charge in [0.25, 0.3) is 5.91 Å². The van der Waals surface area contributed by atoms with E-state index < -0.39 is 26.4 Å². The third-order valence-electron chi connectivity index (χ3n) is 4.38. The summed E-state index contributed by atoms with van der Waals surface area (Å²) in [5, 5.41) is 3.52. The monoisotopic (exact) mass is 444 g/mol. The van der Waals surface area contributed by atoms with Crippen molar-refractivity contribution in [3.05, 3.63) is 78.4 Å². The first-order valence-electron chi connectivity index (χ1n) is 8.75. The molecule has 1 heterocycles. The van der Waals surface area contributed by atoms with Gasteiger partial charge in [0.15, 0.2) is 0 Å². The molecule has 152 valence electrons. The van der Waals surface area contributed by atoms with E-state index in [4.69, 9.17) is 0 Å². The first-order valence-corrected chi connectivity index (χ1v) is 11.1. The molecule has 4 aromatic rings. The van der Waals surface area contributed by atoms with E-state index >= 15 is 0 Å². The van der Waals surface area contributed by atoms with Crippen LogP contribution in [0, 0.1) is 0 Å². The fraction of sp³-hybridized carbons (Fsp3) is 0.0476. The van der Waals surface area contributed by atoms with Gasteiger partial charge in [-0.1, -0.05) is 24.3 Å². The topological polar surface area (TPSA) is 76.1 Å². The number of alkyl halides is 2. The number of hydrogen-bond donors (Lipinski definition) is 1. The van der Waals surface area contributed by atoms with Crippen LogP contribution in [0.4, 0.5) is 14.5 Å². The molecule has 0 radical (unpaired) electrons. The summed E-state index contributed by atoms with van der Waals surface area (Å²) in [5.74, 6) is -4.01. The number of thiazole rings is 1. The Morgan fingerprint density at radius 2 is 1.60 bits per heavy atom. The molecule has 0 saturated heterocycles. The van der Waals surface area contributed by atoms with Gasteiger partial charge in [0.1, 0.15) is 5.01 Å². The maximum Gasteiger partial charge on any atom is 0.341 e. The van der Waals surface area contributed by atoms with Crippen molar-refractivity contribution in [2.45, 2.75) is 10.7 Å². The third-order valence-corrected chi connectivity index (χ3v) is 6.85. The maximum absolute atomic E-state index is 12.7. The van der Waals surface area contributed by atoms with Crippen molar-refractivity contribution >= 4 is 43.0 Å². The number of fused-ring (bicyclic) bond motifs is 1. The molecule has 3 aromatic carbocycles. The molecule has 0 fully saturated rings. The molecular formula is C21H14F2N2O3S2. The number of nitrogens with one attached hydrogen (secondary N) is 1. The first kappa shape index (κ1) is 20.1. The molecule has 1 amide bonds. The smallest absolute Gasteiger partial charge is 0.321 e. The van der Waals surface area contributed by atoms with Crippen LogP contribution >= 0.6 is 11.3 Å². The van der Waals surface area contributed by atoms with Crippen LogP contribution in [0.1, 0.15) is 10.4 Å². The Labute approximate surface area is 174 Å². The summed E-state index contributed by atoms with van der Waals surface area (Å²) in [6.07, 6.45) is 0. The van der Waals surface area contributed by atoms with Gasteiger partial charge in [-0.3, -0.25) is 4.79 Å². The van der Waals surface area contributed by atoms with Gasteiger partial charge in [-0.05, 0) is 48.5 Å². The zero-order chi connectivity index (χ0) is 21.3. The fourth-order valence-electron chi connectivity index (χ4n) is 2.86. The number of amides is 1. The largest absolute Gasteiger partial charge is 0.341 e. The van der Waals surface area contributed by atoms with Gasteiger partial charge in [0.05, 0.1) is 20.8 Å². The molecule has 0 spiro atoms. The lowest BCUT2D eigenvalue weighted by Gasteiger charge is -2.10. The predicted octanol–water partition coefficient (Wildman–Crippen LogP) is 5.21. The molecule has 0 aliphatic heterocycles. The molecule has 4 rings (SSSR count). The van der Waals surface area contributed by atoms with Gasteiger partial charge in [-0.15, -0.1) is 11.3 Å². The maximum atomic E-state index is 12.7. The lowest BCUT2D eigenvalue weighted by molar-refractivity contribution is 0.102. The molecular weight excluding hydrogens is 430 g/mol. The zero-order valence-electron chi connectivity index (χ0n) is 15.2. The van der Waals surface area contributed by atoms with Crippen LogP contribution in [0.5, 0.6) is 0 Å². The van der Waals surface area contributed by atoms with Crippen LogP contribution in [-0.2, 0) is 9.84 Å². The Balaban J connectivity index is 1.61. The molecule has 0 aliphatic carbocycles. The van der Waals surface area contributed by atoms with E-state index in [9.17, 15) is 22.0 Å². The summed E-state index contributed by atoms with van der Waals surface area (Å²) in [6, 6.07) is 19.3. The number of carbonyl (C=O) groups excluding carboxylic acids is 1.